The van der Waals surface area contributed by atoms with Crippen LogP contribution in [0.2, 0.25) is 0 Å². The molecule has 3 aromatic carbocycles. The molecule has 4 rings (SSSR count). The molecule has 1 fully saturated rings. The first-order valence-electron chi connectivity index (χ1n) is 11.0. The summed E-state index contributed by atoms with van der Waals surface area (Å²) in [6, 6.07) is 26.3. The standard InChI is InChI=1S/C26H28N2O4S/c1-26(22-10-4-2-5-11-22,23-12-6-3-7-13-23)20-27-25(29)21-9-8-14-24(19-21)33(30,31)28-15-17-32-18-16-28/h2-14,19H,15-18,20H2,1H3,(H,27,29). The normalized spacial score (nSPS) is 15.2. The maximum absolute atomic E-state index is 13.1. The molecule has 0 spiro atoms. The smallest absolute Gasteiger partial charge is 0.251 e. The van der Waals surface area contributed by atoms with Gasteiger partial charge in [-0.3, -0.25) is 4.79 Å². The first-order valence-corrected chi connectivity index (χ1v) is 12.4. The summed E-state index contributed by atoms with van der Waals surface area (Å²) in [7, 11) is -3.67. The number of carbonyl (C=O) groups is 1. The van der Waals surface area contributed by atoms with Crippen LogP contribution in [0.1, 0.15) is 28.4 Å². The molecule has 3 aromatic rings. The van der Waals surface area contributed by atoms with Crippen LogP contribution in [0.4, 0.5) is 0 Å². The molecular formula is C26H28N2O4S. The van der Waals surface area contributed by atoms with E-state index < -0.39 is 15.4 Å². The van der Waals surface area contributed by atoms with Gasteiger partial charge in [0.15, 0.2) is 0 Å². The third-order valence-electron chi connectivity index (χ3n) is 6.13. The van der Waals surface area contributed by atoms with Gasteiger partial charge in [0.05, 0.1) is 18.1 Å². The van der Waals surface area contributed by atoms with E-state index in [1.165, 1.54) is 16.4 Å². The zero-order valence-electron chi connectivity index (χ0n) is 18.6. The number of nitrogens with one attached hydrogen (secondary N) is 1. The maximum atomic E-state index is 13.1. The van der Waals surface area contributed by atoms with Gasteiger partial charge in [0.25, 0.3) is 5.91 Å². The van der Waals surface area contributed by atoms with Gasteiger partial charge in [0.1, 0.15) is 0 Å². The second-order valence-corrected chi connectivity index (χ2v) is 10.2. The number of nitrogens with zero attached hydrogens (tertiary/aromatic N) is 1. The number of sulfonamides is 1. The molecule has 7 heteroatoms. The predicted octanol–water partition coefficient (Wildman–Crippen LogP) is 3.44. The Balaban J connectivity index is 1.56. The summed E-state index contributed by atoms with van der Waals surface area (Å²) in [6.07, 6.45) is 0. The molecule has 1 saturated heterocycles. The van der Waals surface area contributed by atoms with Crippen molar-refractivity contribution in [2.75, 3.05) is 32.8 Å². The van der Waals surface area contributed by atoms with Gasteiger partial charge < -0.3 is 10.1 Å². The molecule has 0 unspecified atom stereocenters. The van der Waals surface area contributed by atoms with Crippen molar-refractivity contribution < 1.29 is 17.9 Å². The Morgan fingerprint density at radius 2 is 1.48 bits per heavy atom. The van der Waals surface area contributed by atoms with Gasteiger partial charge in [-0.15, -0.1) is 0 Å². The summed E-state index contributed by atoms with van der Waals surface area (Å²) < 4.78 is 32.6. The van der Waals surface area contributed by atoms with E-state index in [1.54, 1.807) is 12.1 Å². The van der Waals surface area contributed by atoms with E-state index in [-0.39, 0.29) is 10.8 Å². The van der Waals surface area contributed by atoms with E-state index in [1.807, 2.05) is 36.4 Å². The van der Waals surface area contributed by atoms with Gasteiger partial charge in [-0.1, -0.05) is 66.7 Å². The molecule has 0 aromatic heterocycles. The maximum Gasteiger partial charge on any atom is 0.251 e. The largest absolute Gasteiger partial charge is 0.379 e. The van der Waals surface area contributed by atoms with Gasteiger partial charge in [0, 0.05) is 30.6 Å². The van der Waals surface area contributed by atoms with Gasteiger partial charge >= 0.3 is 0 Å². The van der Waals surface area contributed by atoms with Crippen molar-refractivity contribution in [1.29, 1.82) is 0 Å². The zero-order chi connectivity index (χ0) is 23.3. The third-order valence-corrected chi connectivity index (χ3v) is 8.02. The fourth-order valence-corrected chi connectivity index (χ4v) is 5.53. The van der Waals surface area contributed by atoms with E-state index in [9.17, 15) is 13.2 Å². The number of morpholine rings is 1. The fraction of sp³-hybridized carbons (Fsp3) is 0.269. The molecule has 1 aliphatic rings. The molecule has 0 saturated carbocycles. The van der Waals surface area contributed by atoms with Crippen molar-refractivity contribution in [3.05, 3.63) is 102 Å². The Hall–Kier alpha value is -3.00. The Kier molecular flexibility index (Phi) is 6.93. The van der Waals surface area contributed by atoms with Gasteiger partial charge in [0.2, 0.25) is 10.0 Å². The highest BCUT2D eigenvalue weighted by atomic mass is 32.2. The molecule has 0 atom stereocenters. The Bertz CT molecular complexity index is 1150. The Labute approximate surface area is 195 Å². The lowest BCUT2D eigenvalue weighted by atomic mass is 9.76. The first-order chi connectivity index (χ1) is 15.9. The predicted molar refractivity (Wildman–Crippen MR) is 128 cm³/mol. The highest BCUT2D eigenvalue weighted by molar-refractivity contribution is 7.89. The van der Waals surface area contributed by atoms with Crippen LogP contribution in [0.15, 0.2) is 89.8 Å². The highest BCUT2D eigenvalue weighted by Gasteiger charge is 2.30. The Morgan fingerprint density at radius 1 is 0.909 bits per heavy atom. The number of benzene rings is 3. The Morgan fingerprint density at radius 3 is 2.06 bits per heavy atom. The van der Waals surface area contributed by atoms with Crippen LogP contribution >= 0.6 is 0 Å². The summed E-state index contributed by atoms with van der Waals surface area (Å²) in [5.74, 6) is -0.313. The van der Waals surface area contributed by atoms with Gasteiger partial charge in [-0.05, 0) is 36.2 Å². The quantitative estimate of drug-likeness (QED) is 0.581. The van der Waals surface area contributed by atoms with E-state index >= 15 is 0 Å². The molecule has 0 aliphatic carbocycles. The summed E-state index contributed by atoms with van der Waals surface area (Å²) in [4.78, 5) is 13.2. The van der Waals surface area contributed by atoms with Crippen LogP contribution in [0.3, 0.4) is 0 Å². The fourth-order valence-electron chi connectivity index (χ4n) is 4.08. The number of ether oxygens (including phenoxy) is 1. The molecule has 172 valence electrons. The van der Waals surface area contributed by atoms with Crippen LogP contribution in [0, 0.1) is 0 Å². The van der Waals surface area contributed by atoms with Crippen molar-refractivity contribution in [3.63, 3.8) is 0 Å². The minimum Gasteiger partial charge on any atom is -0.379 e. The zero-order valence-corrected chi connectivity index (χ0v) is 19.4. The van der Waals surface area contributed by atoms with E-state index in [0.29, 0.717) is 38.4 Å². The monoisotopic (exact) mass is 464 g/mol. The third kappa shape index (κ3) is 5.00. The second kappa shape index (κ2) is 9.87. The highest BCUT2D eigenvalue weighted by Crippen LogP contribution is 2.31. The first kappa shape index (κ1) is 23.2. The molecule has 1 heterocycles. The summed E-state index contributed by atoms with van der Waals surface area (Å²) in [5, 5.41) is 3.03. The van der Waals surface area contributed by atoms with Crippen LogP contribution in [-0.4, -0.2) is 51.5 Å². The molecule has 1 amide bonds. The summed E-state index contributed by atoms with van der Waals surface area (Å²) in [6.45, 7) is 3.82. The average molecular weight is 465 g/mol. The van der Waals surface area contributed by atoms with Crippen molar-refractivity contribution >= 4 is 15.9 Å². The van der Waals surface area contributed by atoms with Gasteiger partial charge in [-0.25, -0.2) is 8.42 Å². The lowest BCUT2D eigenvalue weighted by Gasteiger charge is -2.31. The van der Waals surface area contributed by atoms with Crippen LogP contribution in [-0.2, 0) is 20.2 Å². The SMILES string of the molecule is CC(CNC(=O)c1cccc(S(=O)(=O)N2CCOCC2)c1)(c1ccccc1)c1ccccc1. The van der Waals surface area contributed by atoms with Crippen LogP contribution in [0.25, 0.3) is 0 Å². The second-order valence-electron chi connectivity index (χ2n) is 8.29. The molecule has 1 aliphatic heterocycles. The summed E-state index contributed by atoms with van der Waals surface area (Å²) in [5.41, 5.74) is 2.03. The number of amides is 1. The van der Waals surface area contributed by atoms with Crippen molar-refractivity contribution in [3.8, 4) is 0 Å². The number of rotatable bonds is 7. The number of hydrogen-bond acceptors (Lipinski definition) is 4. The molecule has 0 radical (unpaired) electrons. The molecule has 0 bridgehead atoms. The summed E-state index contributed by atoms with van der Waals surface area (Å²) >= 11 is 0. The van der Waals surface area contributed by atoms with Crippen LogP contribution < -0.4 is 5.32 Å². The van der Waals surface area contributed by atoms with Gasteiger partial charge in [-0.2, -0.15) is 4.31 Å². The van der Waals surface area contributed by atoms with Crippen molar-refractivity contribution in [1.82, 2.24) is 9.62 Å². The van der Waals surface area contributed by atoms with Crippen molar-refractivity contribution in [2.45, 2.75) is 17.2 Å². The molecule has 33 heavy (non-hydrogen) atoms. The molecular weight excluding hydrogens is 436 g/mol. The molecule has 1 N–H and O–H groups in total. The van der Waals surface area contributed by atoms with E-state index in [2.05, 4.69) is 36.5 Å². The lowest BCUT2D eigenvalue weighted by molar-refractivity contribution is 0.0730. The minimum atomic E-state index is -3.67. The number of hydrogen-bond donors (Lipinski definition) is 1. The van der Waals surface area contributed by atoms with Crippen LogP contribution in [0.5, 0.6) is 0 Å². The minimum absolute atomic E-state index is 0.117. The van der Waals surface area contributed by atoms with E-state index in [4.69, 9.17) is 4.74 Å². The topological polar surface area (TPSA) is 75.7 Å². The van der Waals surface area contributed by atoms with E-state index in [0.717, 1.165) is 11.1 Å². The number of carbonyl (C=O) groups excluding carboxylic acids is 1. The lowest BCUT2D eigenvalue weighted by Crippen LogP contribution is -2.41. The van der Waals surface area contributed by atoms with Crippen molar-refractivity contribution in [2.24, 2.45) is 0 Å². The molecule has 6 nitrogen and oxygen atoms in total. The average Bonchev–Trinajstić information content (AvgIpc) is 2.88.